The Morgan fingerprint density at radius 3 is 2.33 bits per heavy atom. The van der Waals surface area contributed by atoms with E-state index in [1.807, 2.05) is 13.8 Å². The van der Waals surface area contributed by atoms with Gasteiger partial charge in [0.2, 0.25) is 0 Å². The Balaban J connectivity index is 0.000000251. The van der Waals surface area contributed by atoms with Gasteiger partial charge in [0.25, 0.3) is 0 Å². The molecule has 1 aliphatic carbocycles. The summed E-state index contributed by atoms with van der Waals surface area (Å²) in [5, 5.41) is 3.36. The lowest BCUT2D eigenvalue weighted by Crippen LogP contribution is -2.13. The van der Waals surface area contributed by atoms with E-state index in [0.29, 0.717) is 0 Å². The van der Waals surface area contributed by atoms with Crippen LogP contribution in [0.25, 0.3) is 0 Å². The van der Waals surface area contributed by atoms with Crippen LogP contribution in [-0.2, 0) is 0 Å². The molecule has 0 aromatic rings. The first-order valence-corrected chi connectivity index (χ1v) is 4.02. The van der Waals surface area contributed by atoms with Gasteiger partial charge in [0.15, 0.2) is 0 Å². The van der Waals surface area contributed by atoms with Gasteiger partial charge in [0.05, 0.1) is 0 Å². The van der Waals surface area contributed by atoms with Crippen LogP contribution in [0.2, 0.25) is 0 Å². The van der Waals surface area contributed by atoms with Gasteiger partial charge in [-0.3, -0.25) is 0 Å². The van der Waals surface area contributed by atoms with Crippen LogP contribution >= 0.6 is 0 Å². The van der Waals surface area contributed by atoms with E-state index in [-0.39, 0.29) is 1.43 Å². The topological polar surface area (TPSA) is 12.0 Å². The van der Waals surface area contributed by atoms with E-state index in [9.17, 15) is 0 Å². The minimum absolute atomic E-state index is 0. The van der Waals surface area contributed by atoms with Crippen molar-refractivity contribution >= 4 is 0 Å². The first kappa shape index (κ1) is 7.07. The van der Waals surface area contributed by atoms with Gasteiger partial charge < -0.3 is 5.32 Å². The van der Waals surface area contributed by atoms with Gasteiger partial charge >= 0.3 is 0 Å². The standard InChI is InChI=1S/C6H11N.C2H6.H2/c1-6-2-5(6)3-7-4-6;1-2;/h5,7H,2-4H2,1H3;1-2H3;1H. The van der Waals surface area contributed by atoms with E-state index < -0.39 is 0 Å². The number of fused-ring (bicyclic) bond motifs is 1. The third-order valence-electron chi connectivity index (χ3n) is 2.46. The summed E-state index contributed by atoms with van der Waals surface area (Å²) in [7, 11) is 0. The van der Waals surface area contributed by atoms with Crippen LogP contribution in [-0.4, -0.2) is 13.1 Å². The van der Waals surface area contributed by atoms with Gasteiger partial charge in [-0.1, -0.05) is 20.8 Å². The van der Waals surface area contributed by atoms with Crippen molar-refractivity contribution in [1.29, 1.82) is 0 Å². The second-order valence-corrected chi connectivity index (χ2v) is 3.19. The molecule has 0 amide bonds. The van der Waals surface area contributed by atoms with Crippen molar-refractivity contribution in [3.05, 3.63) is 0 Å². The highest BCUT2D eigenvalue weighted by molar-refractivity contribution is 5.05. The average molecular weight is 129 g/mol. The molecule has 1 heteroatoms. The third-order valence-corrected chi connectivity index (χ3v) is 2.46. The van der Waals surface area contributed by atoms with Crippen molar-refractivity contribution in [2.45, 2.75) is 27.2 Å². The predicted molar refractivity (Wildman–Crippen MR) is 42.5 cm³/mol. The lowest BCUT2D eigenvalue weighted by Gasteiger charge is -1.97. The van der Waals surface area contributed by atoms with Gasteiger partial charge in [-0.25, -0.2) is 0 Å². The summed E-state index contributed by atoms with van der Waals surface area (Å²) in [5.74, 6) is 1.05. The van der Waals surface area contributed by atoms with Gasteiger partial charge in [0, 0.05) is 7.97 Å². The van der Waals surface area contributed by atoms with Crippen molar-refractivity contribution in [3.63, 3.8) is 0 Å². The molecule has 2 fully saturated rings. The fourth-order valence-electron chi connectivity index (χ4n) is 1.57. The van der Waals surface area contributed by atoms with E-state index >= 15 is 0 Å². The first-order valence-electron chi connectivity index (χ1n) is 4.02. The summed E-state index contributed by atoms with van der Waals surface area (Å²) in [6.45, 7) is 8.94. The molecule has 0 bridgehead atoms. The third kappa shape index (κ3) is 1.11. The minimum Gasteiger partial charge on any atom is -0.316 e. The molecule has 2 rings (SSSR count). The molecule has 1 N–H and O–H groups in total. The maximum absolute atomic E-state index is 3.36. The highest BCUT2D eigenvalue weighted by Crippen LogP contribution is 2.54. The molecule has 0 spiro atoms. The summed E-state index contributed by atoms with van der Waals surface area (Å²) >= 11 is 0. The van der Waals surface area contributed by atoms with E-state index in [1.54, 1.807) is 0 Å². The quantitative estimate of drug-likeness (QED) is 0.526. The maximum atomic E-state index is 3.36. The second-order valence-electron chi connectivity index (χ2n) is 3.19. The Kier molecular flexibility index (Phi) is 1.80. The van der Waals surface area contributed by atoms with E-state index in [1.165, 1.54) is 19.5 Å². The fourth-order valence-corrected chi connectivity index (χ4v) is 1.57. The Labute approximate surface area is 59.3 Å². The van der Waals surface area contributed by atoms with Crippen molar-refractivity contribution < 1.29 is 1.43 Å². The lowest BCUT2D eigenvalue weighted by molar-refractivity contribution is 0.576. The van der Waals surface area contributed by atoms with Crippen LogP contribution in [0.5, 0.6) is 0 Å². The summed E-state index contributed by atoms with van der Waals surface area (Å²) < 4.78 is 0. The van der Waals surface area contributed by atoms with Gasteiger partial charge in [-0.2, -0.15) is 0 Å². The monoisotopic (exact) mass is 129 g/mol. The zero-order chi connectivity index (χ0) is 6.91. The molecule has 1 saturated heterocycles. The van der Waals surface area contributed by atoms with Gasteiger partial charge in [0.1, 0.15) is 0 Å². The SMILES string of the molecule is CC.CC12CNCC1C2.[HH]. The summed E-state index contributed by atoms with van der Waals surface area (Å²) in [6, 6.07) is 0. The van der Waals surface area contributed by atoms with Crippen molar-refractivity contribution in [2.75, 3.05) is 13.1 Å². The number of hydrogen-bond donors (Lipinski definition) is 1. The van der Waals surface area contributed by atoms with Crippen LogP contribution in [0.15, 0.2) is 0 Å². The molecule has 1 saturated carbocycles. The number of hydrogen-bond acceptors (Lipinski definition) is 1. The lowest BCUT2D eigenvalue weighted by atomic mass is 10.1. The van der Waals surface area contributed by atoms with Crippen molar-refractivity contribution in [3.8, 4) is 0 Å². The van der Waals surface area contributed by atoms with Crippen LogP contribution in [0, 0.1) is 11.3 Å². The van der Waals surface area contributed by atoms with E-state index in [4.69, 9.17) is 0 Å². The zero-order valence-corrected chi connectivity index (χ0v) is 6.70. The van der Waals surface area contributed by atoms with Gasteiger partial charge in [-0.05, 0) is 24.3 Å². The molecule has 9 heavy (non-hydrogen) atoms. The summed E-state index contributed by atoms with van der Waals surface area (Å²) in [4.78, 5) is 0. The largest absolute Gasteiger partial charge is 0.316 e. The first-order chi connectivity index (χ1) is 4.31. The fraction of sp³-hybridized carbons (Fsp3) is 1.00. The Bertz CT molecular complexity index is 103. The Morgan fingerprint density at radius 2 is 2.22 bits per heavy atom. The molecule has 0 aromatic heterocycles. The molecule has 56 valence electrons. The van der Waals surface area contributed by atoms with E-state index in [2.05, 4.69) is 12.2 Å². The molecule has 1 heterocycles. The second kappa shape index (κ2) is 2.30. The number of nitrogens with one attached hydrogen (secondary N) is 1. The molecule has 2 unspecified atom stereocenters. The minimum atomic E-state index is 0. The zero-order valence-electron chi connectivity index (χ0n) is 6.70. The number of rotatable bonds is 0. The Morgan fingerprint density at radius 1 is 1.56 bits per heavy atom. The molecular weight excluding hydrogens is 110 g/mol. The molecule has 2 atom stereocenters. The molecule has 1 nitrogen and oxygen atoms in total. The van der Waals surface area contributed by atoms with Crippen LogP contribution in [0.1, 0.15) is 28.6 Å². The van der Waals surface area contributed by atoms with Crippen molar-refractivity contribution in [2.24, 2.45) is 11.3 Å². The smallest absolute Gasteiger partial charge is 0.000853 e. The van der Waals surface area contributed by atoms with Crippen LogP contribution in [0.4, 0.5) is 0 Å². The molecular formula is C8H19N. The highest BCUT2D eigenvalue weighted by Gasteiger charge is 2.52. The predicted octanol–water partition coefficient (Wildman–Crippen LogP) is 1.89. The van der Waals surface area contributed by atoms with Crippen molar-refractivity contribution in [1.82, 2.24) is 5.32 Å². The van der Waals surface area contributed by atoms with Crippen LogP contribution < -0.4 is 5.32 Å². The molecule has 1 aliphatic heterocycles. The molecule has 0 aromatic carbocycles. The molecule has 2 aliphatic rings. The highest BCUT2D eigenvalue weighted by atomic mass is 15.0. The van der Waals surface area contributed by atoms with Crippen LogP contribution in [0.3, 0.4) is 0 Å². The van der Waals surface area contributed by atoms with E-state index in [0.717, 1.165) is 11.3 Å². The normalized spacial score (nSPS) is 45.0. The van der Waals surface area contributed by atoms with Gasteiger partial charge in [-0.15, -0.1) is 0 Å². The number of piperidine rings is 1. The Hall–Kier alpha value is -0.0400. The summed E-state index contributed by atoms with van der Waals surface area (Å²) in [5.41, 5.74) is 0.750. The average Bonchev–Trinajstić information content (AvgIpc) is 2.38. The summed E-state index contributed by atoms with van der Waals surface area (Å²) in [6.07, 6.45) is 1.49. The molecule has 0 radical (unpaired) electrons. The maximum Gasteiger partial charge on any atom is 0.000853 e.